The number of piperidine rings is 1. The number of halogens is 3. The van der Waals surface area contributed by atoms with E-state index in [-0.39, 0.29) is 6.42 Å². The Morgan fingerprint density at radius 3 is 2.51 bits per heavy atom. The van der Waals surface area contributed by atoms with Gasteiger partial charge in [-0.15, -0.1) is 0 Å². The quantitative estimate of drug-likeness (QED) is 0.107. The molecular weight excluding hydrogens is 563 g/mol. The van der Waals surface area contributed by atoms with E-state index in [1.165, 1.54) is 6.07 Å². The molecule has 1 unspecified atom stereocenters. The summed E-state index contributed by atoms with van der Waals surface area (Å²) >= 11 is 0. The predicted octanol–water partition coefficient (Wildman–Crippen LogP) is 6.40. The van der Waals surface area contributed by atoms with Gasteiger partial charge in [0.25, 0.3) is 12.4 Å². The number of likely N-dealkylation sites (tertiary alicyclic amines) is 1. The van der Waals surface area contributed by atoms with Crippen LogP contribution < -0.4 is 0 Å². The lowest BCUT2D eigenvalue weighted by molar-refractivity contribution is -0.505. The van der Waals surface area contributed by atoms with Gasteiger partial charge in [-0.05, 0) is 74.6 Å². The van der Waals surface area contributed by atoms with Crippen LogP contribution in [0, 0.1) is 4.91 Å². The molecule has 12 heteroatoms. The molecule has 2 aromatic carbocycles. The molecule has 1 aliphatic rings. The van der Waals surface area contributed by atoms with Crippen molar-refractivity contribution in [3.63, 3.8) is 0 Å². The summed E-state index contributed by atoms with van der Waals surface area (Å²) in [5.74, 6) is 1.24. The Balaban J connectivity index is 1.33. The van der Waals surface area contributed by atoms with Crippen molar-refractivity contribution < 1.29 is 32.9 Å². The van der Waals surface area contributed by atoms with Gasteiger partial charge in [0.15, 0.2) is 6.29 Å². The van der Waals surface area contributed by atoms with E-state index in [9.17, 15) is 23.2 Å². The summed E-state index contributed by atoms with van der Waals surface area (Å²) in [6, 6.07) is 10.0. The maximum absolute atomic E-state index is 13.0. The zero-order valence-corrected chi connectivity index (χ0v) is 24.5. The van der Waals surface area contributed by atoms with Crippen LogP contribution in [-0.4, -0.2) is 67.4 Å². The number of allylic oxidation sites excluding steroid dienone is 1. The average molecular weight is 601 g/mol. The normalized spacial score (nSPS) is 16.9. The monoisotopic (exact) mass is 600 g/mol. The highest BCUT2D eigenvalue weighted by atomic mass is 19.4. The third kappa shape index (κ3) is 7.75. The van der Waals surface area contributed by atoms with Crippen molar-refractivity contribution in [3.8, 4) is 0 Å². The van der Waals surface area contributed by atoms with Crippen molar-refractivity contribution in [2.24, 2.45) is 4.99 Å². The second kappa shape index (κ2) is 13.2. The Kier molecular flexibility index (Phi) is 9.83. The van der Waals surface area contributed by atoms with Crippen LogP contribution in [0.15, 0.2) is 60.2 Å². The fourth-order valence-electron chi connectivity index (χ4n) is 5.10. The number of amidine groups is 1. The summed E-state index contributed by atoms with van der Waals surface area (Å²) in [4.78, 5) is 25.6. The van der Waals surface area contributed by atoms with Crippen LogP contribution >= 0.6 is 0 Å². The largest absolute Gasteiger partial charge is 0.416 e. The molecule has 2 heterocycles. The number of rotatable bonds is 10. The maximum Gasteiger partial charge on any atom is 0.416 e. The zero-order chi connectivity index (χ0) is 31.4. The second-order valence-electron chi connectivity index (χ2n) is 10.8. The molecule has 1 atom stereocenters. The summed E-state index contributed by atoms with van der Waals surface area (Å²) in [5.41, 5.74) is 1.96. The number of aliphatic imine (C=N–C) groups is 1. The SMILES string of the molecule is C=C(CC(O)OC1(CC)CCN(C(C)=NC=C(C)c2nc3ccc(C(F)(F)F)cc3[nH]2)CC1)c1ccc([N+](=O)CO)cc1. The highest BCUT2D eigenvalue weighted by molar-refractivity contribution is 5.82. The summed E-state index contributed by atoms with van der Waals surface area (Å²) in [7, 11) is 0. The molecule has 9 nitrogen and oxygen atoms in total. The van der Waals surface area contributed by atoms with Crippen LogP contribution in [0.5, 0.6) is 0 Å². The number of aliphatic hydroxyl groups excluding tert-OH is 2. The molecule has 1 aliphatic heterocycles. The van der Waals surface area contributed by atoms with Crippen LogP contribution in [0.3, 0.4) is 0 Å². The van der Waals surface area contributed by atoms with E-state index in [1.807, 2.05) is 13.8 Å². The molecule has 0 aliphatic carbocycles. The van der Waals surface area contributed by atoms with Crippen LogP contribution in [0.1, 0.15) is 63.4 Å². The number of nitrogens with zero attached hydrogens (tertiary/aromatic N) is 4. The minimum Gasteiger partial charge on any atom is -0.368 e. The van der Waals surface area contributed by atoms with E-state index in [0.29, 0.717) is 64.4 Å². The van der Waals surface area contributed by atoms with Gasteiger partial charge in [-0.1, -0.05) is 13.5 Å². The topological polar surface area (TPSA) is 114 Å². The smallest absolute Gasteiger partial charge is 0.368 e. The highest BCUT2D eigenvalue weighted by Crippen LogP contribution is 2.34. The number of imidazole rings is 1. The van der Waals surface area contributed by atoms with E-state index < -0.39 is 30.4 Å². The number of nitrogens with one attached hydrogen (secondary N) is 1. The minimum atomic E-state index is -4.43. The number of nitroso groups, excluding NO2 is 1. The Labute approximate surface area is 248 Å². The lowest BCUT2D eigenvalue weighted by Crippen LogP contribution is -2.48. The Morgan fingerprint density at radius 2 is 1.91 bits per heavy atom. The zero-order valence-electron chi connectivity index (χ0n) is 24.5. The van der Waals surface area contributed by atoms with E-state index in [2.05, 4.69) is 26.4 Å². The summed E-state index contributed by atoms with van der Waals surface area (Å²) in [6.07, 6.45) is -1.54. The van der Waals surface area contributed by atoms with Crippen molar-refractivity contribution in [2.45, 2.75) is 64.5 Å². The fraction of sp³-hybridized carbons (Fsp3) is 0.419. The molecule has 43 heavy (non-hydrogen) atoms. The lowest BCUT2D eigenvalue weighted by Gasteiger charge is -2.43. The number of hydrogen-bond acceptors (Lipinski definition) is 6. The highest BCUT2D eigenvalue weighted by Gasteiger charge is 2.36. The van der Waals surface area contributed by atoms with Crippen LogP contribution in [0.2, 0.25) is 0 Å². The number of fused-ring (bicyclic) bond motifs is 1. The predicted molar refractivity (Wildman–Crippen MR) is 159 cm³/mol. The second-order valence-corrected chi connectivity index (χ2v) is 10.8. The van der Waals surface area contributed by atoms with E-state index in [0.717, 1.165) is 30.0 Å². The van der Waals surface area contributed by atoms with Crippen molar-refractivity contribution in [1.82, 2.24) is 14.9 Å². The molecular formula is C31H37F3N5O4+. The maximum atomic E-state index is 13.0. The fourth-order valence-corrected chi connectivity index (χ4v) is 5.10. The van der Waals surface area contributed by atoms with Crippen molar-refractivity contribution in [3.05, 3.63) is 77.1 Å². The first-order chi connectivity index (χ1) is 20.3. The summed E-state index contributed by atoms with van der Waals surface area (Å²) in [5, 5.41) is 19.7. The summed E-state index contributed by atoms with van der Waals surface area (Å²) < 4.78 is 45.8. The summed E-state index contributed by atoms with van der Waals surface area (Å²) in [6.45, 7) is 10.5. The number of aromatic nitrogens is 2. The number of hydrogen-bond donors (Lipinski definition) is 3. The Bertz CT molecular complexity index is 1520. The van der Waals surface area contributed by atoms with Crippen molar-refractivity contribution in [2.75, 3.05) is 19.8 Å². The molecule has 0 saturated carbocycles. The number of benzene rings is 2. The molecule has 0 bridgehead atoms. The van der Waals surface area contributed by atoms with Crippen molar-refractivity contribution >= 4 is 33.7 Å². The van der Waals surface area contributed by atoms with Crippen LogP contribution in [0.25, 0.3) is 22.2 Å². The van der Waals surface area contributed by atoms with Gasteiger partial charge >= 0.3 is 6.18 Å². The first-order valence-corrected chi connectivity index (χ1v) is 14.1. The van der Waals surface area contributed by atoms with Gasteiger partial charge in [-0.2, -0.15) is 13.2 Å². The van der Waals surface area contributed by atoms with Gasteiger partial charge in [0.05, 0.1) is 27.0 Å². The van der Waals surface area contributed by atoms with Gasteiger partial charge < -0.3 is 24.8 Å². The molecule has 3 aromatic rings. The van der Waals surface area contributed by atoms with Crippen LogP contribution in [-0.2, 0) is 10.9 Å². The minimum absolute atomic E-state index is 0.204. The lowest BCUT2D eigenvalue weighted by atomic mass is 9.88. The third-order valence-electron chi connectivity index (χ3n) is 7.90. The first kappa shape index (κ1) is 32.1. The molecule has 1 aromatic heterocycles. The van der Waals surface area contributed by atoms with Crippen LogP contribution in [0.4, 0.5) is 18.9 Å². The first-order valence-electron chi connectivity index (χ1n) is 14.1. The average Bonchev–Trinajstić information content (AvgIpc) is 3.43. The van der Waals surface area contributed by atoms with E-state index >= 15 is 0 Å². The molecule has 0 radical (unpaired) electrons. The van der Waals surface area contributed by atoms with E-state index in [1.54, 1.807) is 37.4 Å². The molecule has 1 saturated heterocycles. The Morgan fingerprint density at radius 1 is 1.23 bits per heavy atom. The number of aromatic amines is 1. The number of alkyl halides is 3. The molecule has 0 amide bonds. The number of H-pyrrole nitrogens is 1. The van der Waals surface area contributed by atoms with Gasteiger partial charge in [0, 0.05) is 48.3 Å². The van der Waals surface area contributed by atoms with Crippen molar-refractivity contribution in [1.29, 1.82) is 0 Å². The van der Waals surface area contributed by atoms with Gasteiger partial charge in [0.1, 0.15) is 11.7 Å². The standard InChI is InChI=1S/C31H37F3N5O4/c1-5-30(43-28(41)16-20(2)23-6-9-25(10-7-23)39(42)19-40)12-14-38(15-13-30)22(4)35-18-21(3)29-36-26-11-8-24(31(32,33)34)17-27(26)37-29/h6-11,17-18,28,40-41H,2,5,12-16,19H2,1,3-4H3,(H,36,37)/q+1. The Hall–Kier alpha value is -3.87. The third-order valence-corrected chi connectivity index (χ3v) is 7.90. The van der Waals surface area contributed by atoms with Gasteiger partial charge in [0.2, 0.25) is 0 Å². The molecule has 0 spiro atoms. The molecule has 1 fully saturated rings. The van der Waals surface area contributed by atoms with Gasteiger partial charge in [-0.25, -0.2) is 9.98 Å². The number of ether oxygens (including phenoxy) is 1. The number of aliphatic hydroxyl groups is 2. The van der Waals surface area contributed by atoms with Gasteiger partial charge in [-0.3, -0.25) is 0 Å². The molecule has 3 N–H and O–H groups in total. The molecule has 4 rings (SSSR count). The van der Waals surface area contributed by atoms with E-state index in [4.69, 9.17) is 9.84 Å². The molecule has 230 valence electrons.